The van der Waals surface area contributed by atoms with Gasteiger partial charge in [-0.1, -0.05) is 0 Å². The van der Waals surface area contributed by atoms with Crippen LogP contribution >= 0.6 is 0 Å². The molecule has 0 rings (SSSR count). The lowest BCUT2D eigenvalue weighted by atomic mass is 10.5. The summed E-state index contributed by atoms with van der Waals surface area (Å²) in [5.41, 5.74) is 4.57. The molecule has 4 heteroatoms. The second kappa shape index (κ2) is 3.88. The molecule has 0 radical (unpaired) electrons. The maximum Gasteiger partial charge on any atom is 0.404 e. The van der Waals surface area contributed by atoms with E-state index in [1.807, 2.05) is 0 Å². The van der Waals surface area contributed by atoms with Gasteiger partial charge in [0.25, 0.3) is 0 Å². The second-order valence-corrected chi connectivity index (χ2v) is 1.42. The molecule has 1 amide bonds. The Kier molecular flexibility index (Phi) is 3.43. The molecule has 0 saturated heterocycles. The predicted octanol–water partition coefficient (Wildman–Crippen LogP) is 0.955. The predicted molar refractivity (Wildman–Crippen MR) is 30.4 cm³/mol. The fourth-order valence-electron chi connectivity index (χ4n) is 0.239. The van der Waals surface area contributed by atoms with Crippen LogP contribution in [0, 0.1) is 0 Å². The molecule has 3 nitrogen and oxygen atoms in total. The van der Waals surface area contributed by atoms with E-state index in [9.17, 15) is 9.18 Å². The summed E-state index contributed by atoms with van der Waals surface area (Å²) >= 11 is 0. The summed E-state index contributed by atoms with van der Waals surface area (Å²) in [4.78, 5) is 9.83. The number of nitrogens with two attached hydrogens (primary N) is 1. The highest BCUT2D eigenvalue weighted by Gasteiger charge is 1.88. The molecule has 0 bridgehead atoms. The van der Waals surface area contributed by atoms with E-state index in [2.05, 4.69) is 10.5 Å². The largest absolute Gasteiger partial charge is 0.445 e. The number of amides is 1. The topological polar surface area (TPSA) is 52.3 Å². The Morgan fingerprint density at radius 1 is 1.89 bits per heavy atom. The SMILES string of the molecule is CC(F)=CCOC(N)=O. The molecular weight excluding hydrogens is 125 g/mol. The fourth-order valence-corrected chi connectivity index (χ4v) is 0.239. The summed E-state index contributed by atoms with van der Waals surface area (Å²) in [7, 11) is 0. The minimum absolute atomic E-state index is 0.0995. The van der Waals surface area contributed by atoms with E-state index in [1.165, 1.54) is 6.92 Å². The van der Waals surface area contributed by atoms with Gasteiger partial charge in [0, 0.05) is 0 Å². The van der Waals surface area contributed by atoms with Gasteiger partial charge in [0.1, 0.15) is 6.61 Å². The summed E-state index contributed by atoms with van der Waals surface area (Å²) in [6, 6.07) is 0. The molecule has 0 spiro atoms. The van der Waals surface area contributed by atoms with Gasteiger partial charge in [-0.05, 0) is 13.0 Å². The first-order valence-corrected chi connectivity index (χ1v) is 2.37. The van der Waals surface area contributed by atoms with Crippen LogP contribution in [0.4, 0.5) is 9.18 Å². The molecule has 0 aromatic rings. The standard InChI is InChI=1S/C5H8FNO2/c1-4(6)2-3-9-5(7)8/h2H,3H2,1H3,(H2,7,8). The summed E-state index contributed by atoms with van der Waals surface area (Å²) in [5.74, 6) is -0.392. The summed E-state index contributed by atoms with van der Waals surface area (Å²) in [5, 5.41) is 0. The van der Waals surface area contributed by atoms with E-state index in [0.29, 0.717) is 0 Å². The van der Waals surface area contributed by atoms with Gasteiger partial charge in [-0.25, -0.2) is 9.18 Å². The van der Waals surface area contributed by atoms with Gasteiger partial charge >= 0.3 is 6.09 Å². The smallest absolute Gasteiger partial charge is 0.404 e. The lowest BCUT2D eigenvalue weighted by Gasteiger charge is -1.92. The molecule has 52 valence electrons. The zero-order chi connectivity index (χ0) is 7.28. The zero-order valence-electron chi connectivity index (χ0n) is 5.06. The van der Waals surface area contributed by atoms with Crippen molar-refractivity contribution in [3.8, 4) is 0 Å². The quantitative estimate of drug-likeness (QED) is 0.609. The number of hydrogen-bond donors (Lipinski definition) is 1. The van der Waals surface area contributed by atoms with Crippen molar-refractivity contribution in [2.24, 2.45) is 5.73 Å². The van der Waals surface area contributed by atoms with Crippen LogP contribution in [-0.2, 0) is 4.74 Å². The molecule has 0 heterocycles. The van der Waals surface area contributed by atoms with Gasteiger partial charge < -0.3 is 10.5 Å². The first-order chi connectivity index (χ1) is 4.13. The van der Waals surface area contributed by atoms with Crippen LogP contribution in [0.15, 0.2) is 11.9 Å². The van der Waals surface area contributed by atoms with Crippen LogP contribution in [0.2, 0.25) is 0 Å². The van der Waals surface area contributed by atoms with Crippen LogP contribution in [0.3, 0.4) is 0 Å². The van der Waals surface area contributed by atoms with E-state index >= 15 is 0 Å². The minimum atomic E-state index is -0.896. The van der Waals surface area contributed by atoms with Crippen LogP contribution < -0.4 is 5.73 Å². The molecule has 0 fully saturated rings. The number of ether oxygens (including phenoxy) is 1. The third-order valence-corrected chi connectivity index (χ3v) is 0.590. The first-order valence-electron chi connectivity index (χ1n) is 2.37. The van der Waals surface area contributed by atoms with Gasteiger partial charge in [-0.3, -0.25) is 0 Å². The zero-order valence-corrected chi connectivity index (χ0v) is 5.06. The highest BCUT2D eigenvalue weighted by Crippen LogP contribution is 1.91. The number of primary amides is 1. The summed E-state index contributed by atoms with van der Waals surface area (Å²) in [6.45, 7) is 1.15. The van der Waals surface area contributed by atoms with Crippen molar-refractivity contribution < 1.29 is 13.9 Å². The maximum atomic E-state index is 11.8. The molecule has 9 heavy (non-hydrogen) atoms. The first kappa shape index (κ1) is 7.94. The fraction of sp³-hybridized carbons (Fsp3) is 0.400. The Labute approximate surface area is 52.3 Å². The van der Waals surface area contributed by atoms with E-state index in [4.69, 9.17) is 0 Å². The van der Waals surface area contributed by atoms with Crippen molar-refractivity contribution >= 4 is 6.09 Å². The van der Waals surface area contributed by atoms with Crippen molar-refractivity contribution in [1.29, 1.82) is 0 Å². The van der Waals surface area contributed by atoms with Crippen molar-refractivity contribution in [2.45, 2.75) is 6.92 Å². The molecule has 0 aliphatic rings. The molecule has 0 aliphatic carbocycles. The van der Waals surface area contributed by atoms with Gasteiger partial charge in [0.2, 0.25) is 0 Å². The van der Waals surface area contributed by atoms with Crippen LogP contribution in [-0.4, -0.2) is 12.7 Å². The van der Waals surface area contributed by atoms with Crippen molar-refractivity contribution in [3.63, 3.8) is 0 Å². The van der Waals surface area contributed by atoms with Crippen molar-refractivity contribution in [3.05, 3.63) is 11.9 Å². The van der Waals surface area contributed by atoms with Gasteiger partial charge in [0.05, 0.1) is 5.83 Å². The molecule has 2 N–H and O–H groups in total. The van der Waals surface area contributed by atoms with Gasteiger partial charge in [-0.2, -0.15) is 0 Å². The van der Waals surface area contributed by atoms with Crippen LogP contribution in [0.1, 0.15) is 6.92 Å². The molecule has 0 atom stereocenters. The molecule has 0 unspecified atom stereocenters. The molecule has 0 aromatic heterocycles. The Bertz CT molecular complexity index is 129. The lowest BCUT2D eigenvalue weighted by Crippen LogP contribution is -2.12. The molecule has 0 aliphatic heterocycles. The van der Waals surface area contributed by atoms with E-state index in [0.717, 1.165) is 6.08 Å². The molecule has 0 aromatic carbocycles. The molecular formula is C5H8FNO2. The second-order valence-electron chi connectivity index (χ2n) is 1.42. The van der Waals surface area contributed by atoms with Crippen molar-refractivity contribution in [1.82, 2.24) is 0 Å². The van der Waals surface area contributed by atoms with E-state index < -0.39 is 11.9 Å². The maximum absolute atomic E-state index is 11.8. The highest BCUT2D eigenvalue weighted by atomic mass is 19.1. The lowest BCUT2D eigenvalue weighted by molar-refractivity contribution is 0.168. The highest BCUT2D eigenvalue weighted by molar-refractivity contribution is 5.64. The number of carbonyl (C=O) groups is 1. The summed E-state index contributed by atoms with van der Waals surface area (Å²) in [6.07, 6.45) is 0.220. The van der Waals surface area contributed by atoms with E-state index in [-0.39, 0.29) is 6.61 Å². The normalized spacial score (nSPS) is 11.1. The van der Waals surface area contributed by atoms with E-state index in [1.54, 1.807) is 0 Å². The summed E-state index contributed by atoms with van der Waals surface area (Å²) < 4.78 is 16.0. The number of rotatable bonds is 2. The number of allylic oxidation sites excluding steroid dienone is 1. The van der Waals surface area contributed by atoms with Gasteiger partial charge in [0.15, 0.2) is 0 Å². The number of halogens is 1. The van der Waals surface area contributed by atoms with Crippen LogP contribution in [0.5, 0.6) is 0 Å². The Morgan fingerprint density at radius 3 is 2.78 bits per heavy atom. The number of hydrogen-bond acceptors (Lipinski definition) is 2. The average molecular weight is 133 g/mol. The minimum Gasteiger partial charge on any atom is -0.445 e. The van der Waals surface area contributed by atoms with Gasteiger partial charge in [-0.15, -0.1) is 0 Å². The Hall–Kier alpha value is -1.06. The number of carbonyl (C=O) groups excluding carboxylic acids is 1. The third kappa shape index (κ3) is 6.94. The molecule has 0 saturated carbocycles. The van der Waals surface area contributed by atoms with Crippen molar-refractivity contribution in [2.75, 3.05) is 6.61 Å². The third-order valence-electron chi connectivity index (χ3n) is 0.590. The van der Waals surface area contributed by atoms with Crippen LogP contribution in [0.25, 0.3) is 0 Å². The Morgan fingerprint density at radius 2 is 2.44 bits per heavy atom. The average Bonchev–Trinajstić information content (AvgIpc) is 1.63. The Balaban J connectivity index is 3.31. The monoisotopic (exact) mass is 133 g/mol.